The van der Waals surface area contributed by atoms with Gasteiger partial charge in [-0.2, -0.15) is 11.8 Å². The van der Waals surface area contributed by atoms with Gasteiger partial charge >= 0.3 is 0 Å². The first-order valence-electron chi connectivity index (χ1n) is 7.70. The van der Waals surface area contributed by atoms with E-state index in [0.29, 0.717) is 13.0 Å². The number of hydrogen-bond donors (Lipinski definition) is 2. The molecule has 0 fully saturated rings. The van der Waals surface area contributed by atoms with Gasteiger partial charge in [-0.1, -0.05) is 12.1 Å². The van der Waals surface area contributed by atoms with Gasteiger partial charge in [0, 0.05) is 6.42 Å². The van der Waals surface area contributed by atoms with Crippen LogP contribution < -0.4 is 5.32 Å². The number of H-pyrrole nitrogens is 1. The molecule has 3 aromatic rings. The third-order valence-electron chi connectivity index (χ3n) is 3.64. The lowest BCUT2D eigenvalue weighted by Gasteiger charge is -2.16. The number of benzene rings is 1. The quantitative estimate of drug-likeness (QED) is 0.642. The smallest absolute Gasteiger partial charge is 0.222 e. The normalized spacial score (nSPS) is 12.4. The van der Waals surface area contributed by atoms with Gasteiger partial charge in [-0.05, 0) is 41.0 Å². The minimum atomic E-state index is -0.133. The number of aromatic amines is 1. The molecule has 0 radical (unpaired) electrons. The van der Waals surface area contributed by atoms with E-state index in [4.69, 9.17) is 0 Å². The maximum absolute atomic E-state index is 12.3. The standard InChI is InChI=1S/C15H19N7OS/c1-24-9-7-13(15-18-11-4-2-3-5-12(11)19-15)17-14(23)6-8-22-10-16-20-21-22/h2-5,10,13H,6-9H2,1H3,(H,17,23)(H,18,19)/t13-/m1/s1. The van der Waals surface area contributed by atoms with Crippen LogP contribution in [-0.2, 0) is 11.3 Å². The van der Waals surface area contributed by atoms with Gasteiger partial charge in [-0.3, -0.25) is 4.79 Å². The third-order valence-corrected chi connectivity index (χ3v) is 4.29. The Balaban J connectivity index is 1.67. The maximum atomic E-state index is 12.3. The molecule has 0 aliphatic carbocycles. The summed E-state index contributed by atoms with van der Waals surface area (Å²) in [6.07, 6.45) is 4.69. The highest BCUT2D eigenvalue weighted by atomic mass is 32.2. The number of aromatic nitrogens is 6. The first-order valence-corrected chi connectivity index (χ1v) is 9.09. The van der Waals surface area contributed by atoms with Crippen molar-refractivity contribution in [1.29, 1.82) is 0 Å². The number of hydrogen-bond acceptors (Lipinski definition) is 6. The molecule has 9 heteroatoms. The van der Waals surface area contributed by atoms with Gasteiger partial charge in [-0.25, -0.2) is 9.67 Å². The number of imidazole rings is 1. The zero-order chi connectivity index (χ0) is 16.8. The molecular weight excluding hydrogens is 326 g/mol. The van der Waals surface area contributed by atoms with E-state index in [2.05, 4.69) is 37.1 Å². The van der Waals surface area contributed by atoms with E-state index < -0.39 is 0 Å². The van der Waals surface area contributed by atoms with E-state index in [0.717, 1.165) is 29.0 Å². The van der Waals surface area contributed by atoms with Gasteiger partial charge in [0.25, 0.3) is 0 Å². The number of tetrazole rings is 1. The Morgan fingerprint density at radius 2 is 2.29 bits per heavy atom. The van der Waals surface area contributed by atoms with Gasteiger partial charge in [-0.15, -0.1) is 5.10 Å². The van der Waals surface area contributed by atoms with Crippen molar-refractivity contribution in [2.75, 3.05) is 12.0 Å². The second-order valence-corrected chi connectivity index (χ2v) is 6.35. The van der Waals surface area contributed by atoms with Crippen molar-refractivity contribution < 1.29 is 4.79 Å². The van der Waals surface area contributed by atoms with Crippen LogP contribution in [-0.4, -0.2) is 48.1 Å². The van der Waals surface area contributed by atoms with Gasteiger partial charge in [0.1, 0.15) is 12.2 Å². The van der Waals surface area contributed by atoms with Crippen molar-refractivity contribution in [3.8, 4) is 0 Å². The summed E-state index contributed by atoms with van der Waals surface area (Å²) in [6.45, 7) is 0.453. The van der Waals surface area contributed by atoms with E-state index in [1.54, 1.807) is 11.8 Å². The van der Waals surface area contributed by atoms with Crippen LogP contribution in [0.2, 0.25) is 0 Å². The fourth-order valence-corrected chi connectivity index (χ4v) is 2.89. The molecule has 2 N–H and O–H groups in total. The molecule has 0 aliphatic rings. The summed E-state index contributed by atoms with van der Waals surface area (Å²) in [4.78, 5) is 20.2. The van der Waals surface area contributed by atoms with Crippen LogP contribution in [0.5, 0.6) is 0 Å². The van der Waals surface area contributed by atoms with E-state index in [-0.39, 0.29) is 11.9 Å². The summed E-state index contributed by atoms with van der Waals surface area (Å²) in [5.41, 5.74) is 1.88. The molecule has 24 heavy (non-hydrogen) atoms. The molecule has 1 aromatic carbocycles. The molecule has 0 bridgehead atoms. The Labute approximate surface area is 143 Å². The summed E-state index contributed by atoms with van der Waals surface area (Å²) in [5.74, 6) is 1.69. The SMILES string of the molecule is CSCC[C@@H](NC(=O)CCn1cnnn1)c1nc2ccccc2[nH]1. The van der Waals surface area contributed by atoms with Crippen LogP contribution in [0, 0.1) is 0 Å². The molecule has 1 atom stereocenters. The van der Waals surface area contributed by atoms with Crippen LogP contribution in [0.3, 0.4) is 0 Å². The first kappa shape index (κ1) is 16.4. The van der Waals surface area contributed by atoms with Gasteiger partial charge in [0.15, 0.2) is 0 Å². The number of carbonyl (C=O) groups is 1. The topological polar surface area (TPSA) is 101 Å². The van der Waals surface area contributed by atoms with Crippen LogP contribution in [0.15, 0.2) is 30.6 Å². The third kappa shape index (κ3) is 4.10. The Kier molecular flexibility index (Phi) is 5.42. The van der Waals surface area contributed by atoms with E-state index in [9.17, 15) is 4.79 Å². The zero-order valence-corrected chi connectivity index (χ0v) is 14.2. The minimum absolute atomic E-state index is 0.0444. The fraction of sp³-hybridized carbons (Fsp3) is 0.400. The predicted molar refractivity (Wildman–Crippen MR) is 92.4 cm³/mol. The predicted octanol–water partition coefficient (Wildman–Crippen LogP) is 1.55. The second-order valence-electron chi connectivity index (χ2n) is 5.36. The number of thioether (sulfide) groups is 1. The van der Waals surface area contributed by atoms with Crippen molar-refractivity contribution >= 4 is 28.7 Å². The summed E-state index contributed by atoms with van der Waals surface area (Å²) in [6, 6.07) is 7.73. The van der Waals surface area contributed by atoms with Crippen LogP contribution in [0.4, 0.5) is 0 Å². The molecule has 0 spiro atoms. The van der Waals surface area contributed by atoms with Crippen LogP contribution >= 0.6 is 11.8 Å². The fourth-order valence-electron chi connectivity index (χ4n) is 2.42. The van der Waals surface area contributed by atoms with E-state index >= 15 is 0 Å². The summed E-state index contributed by atoms with van der Waals surface area (Å²) < 4.78 is 1.54. The zero-order valence-electron chi connectivity index (χ0n) is 13.3. The molecule has 2 heterocycles. The molecule has 8 nitrogen and oxygen atoms in total. The van der Waals surface area contributed by atoms with Gasteiger partial charge in [0.05, 0.1) is 23.6 Å². The molecule has 0 saturated heterocycles. The molecule has 0 aliphatic heterocycles. The lowest BCUT2D eigenvalue weighted by atomic mass is 10.2. The minimum Gasteiger partial charge on any atom is -0.346 e. The average Bonchev–Trinajstić information content (AvgIpc) is 3.25. The summed E-state index contributed by atoms with van der Waals surface area (Å²) in [7, 11) is 0. The Hall–Kier alpha value is -2.42. The van der Waals surface area contributed by atoms with Crippen molar-refractivity contribution in [2.24, 2.45) is 0 Å². The largest absolute Gasteiger partial charge is 0.346 e. The Bertz CT molecular complexity index is 753. The Morgan fingerprint density at radius 3 is 3.04 bits per heavy atom. The lowest BCUT2D eigenvalue weighted by Crippen LogP contribution is -2.30. The van der Waals surface area contributed by atoms with Gasteiger partial charge < -0.3 is 10.3 Å². The number of amides is 1. The molecule has 2 aromatic heterocycles. The molecule has 3 rings (SSSR count). The number of carbonyl (C=O) groups excluding carboxylic acids is 1. The van der Waals surface area contributed by atoms with Crippen LogP contribution in [0.25, 0.3) is 11.0 Å². The highest BCUT2D eigenvalue weighted by Crippen LogP contribution is 2.20. The van der Waals surface area contributed by atoms with Crippen molar-refractivity contribution in [1.82, 2.24) is 35.5 Å². The number of rotatable bonds is 8. The molecular formula is C15H19N7OS. The lowest BCUT2D eigenvalue weighted by molar-refractivity contribution is -0.122. The summed E-state index contributed by atoms with van der Waals surface area (Å²) in [5, 5.41) is 13.9. The van der Waals surface area contributed by atoms with Crippen molar-refractivity contribution in [3.05, 3.63) is 36.4 Å². The molecule has 0 unspecified atom stereocenters. The van der Waals surface area contributed by atoms with Gasteiger partial charge in [0.2, 0.25) is 5.91 Å². The number of nitrogens with one attached hydrogen (secondary N) is 2. The number of nitrogens with zero attached hydrogens (tertiary/aromatic N) is 5. The number of para-hydroxylation sites is 2. The highest BCUT2D eigenvalue weighted by Gasteiger charge is 2.18. The second kappa shape index (κ2) is 7.91. The van der Waals surface area contributed by atoms with E-state index in [1.165, 1.54) is 11.0 Å². The number of fused-ring (bicyclic) bond motifs is 1. The molecule has 0 saturated carbocycles. The summed E-state index contributed by atoms with van der Waals surface area (Å²) >= 11 is 1.75. The Morgan fingerprint density at radius 1 is 1.42 bits per heavy atom. The van der Waals surface area contributed by atoms with Crippen LogP contribution in [0.1, 0.15) is 24.7 Å². The molecule has 1 amide bonds. The van der Waals surface area contributed by atoms with Crippen molar-refractivity contribution in [3.63, 3.8) is 0 Å². The highest BCUT2D eigenvalue weighted by molar-refractivity contribution is 7.98. The molecule has 126 valence electrons. The maximum Gasteiger partial charge on any atom is 0.222 e. The monoisotopic (exact) mass is 345 g/mol. The first-order chi connectivity index (χ1) is 11.8. The van der Waals surface area contributed by atoms with E-state index in [1.807, 2.05) is 24.3 Å². The van der Waals surface area contributed by atoms with Crippen molar-refractivity contribution in [2.45, 2.75) is 25.4 Å². The average molecular weight is 345 g/mol. The number of aryl methyl sites for hydroxylation is 1.